The molecule has 0 bridgehead atoms. The average Bonchev–Trinajstić information content (AvgIpc) is 2.37. The van der Waals surface area contributed by atoms with Crippen molar-refractivity contribution in [2.24, 2.45) is 5.73 Å². The van der Waals surface area contributed by atoms with E-state index in [1.165, 1.54) is 19.2 Å². The van der Waals surface area contributed by atoms with E-state index in [0.29, 0.717) is 5.56 Å². The molecule has 0 aliphatic carbocycles. The Kier molecular flexibility index (Phi) is 4.81. The van der Waals surface area contributed by atoms with E-state index in [4.69, 9.17) is 5.73 Å². The van der Waals surface area contributed by atoms with Crippen molar-refractivity contribution in [2.45, 2.75) is 37.9 Å². The lowest BCUT2D eigenvalue weighted by molar-refractivity contribution is -0.142. The van der Waals surface area contributed by atoms with Crippen molar-refractivity contribution in [3.8, 4) is 0 Å². The molecular formula is C14H18F3NO2. The molecule has 2 N–H and O–H groups in total. The molecule has 2 atom stereocenters. The minimum atomic E-state index is -4.38. The topological polar surface area (TPSA) is 52.3 Å². The molecule has 112 valence electrons. The van der Waals surface area contributed by atoms with Crippen molar-refractivity contribution in [3.63, 3.8) is 0 Å². The zero-order chi connectivity index (χ0) is 15.6. The van der Waals surface area contributed by atoms with Gasteiger partial charge >= 0.3 is 12.1 Å². The van der Waals surface area contributed by atoms with Gasteiger partial charge in [-0.2, -0.15) is 13.2 Å². The summed E-state index contributed by atoms with van der Waals surface area (Å²) >= 11 is 0. The van der Waals surface area contributed by atoms with Crippen LogP contribution in [0.1, 0.15) is 31.4 Å². The van der Waals surface area contributed by atoms with Crippen molar-refractivity contribution < 1.29 is 22.7 Å². The van der Waals surface area contributed by atoms with Crippen LogP contribution in [0.3, 0.4) is 0 Å². The fraction of sp³-hybridized carbons (Fsp3) is 0.500. The molecule has 0 aromatic heterocycles. The fourth-order valence-corrected chi connectivity index (χ4v) is 1.94. The van der Waals surface area contributed by atoms with E-state index in [2.05, 4.69) is 4.74 Å². The van der Waals surface area contributed by atoms with Gasteiger partial charge in [-0.05, 0) is 24.6 Å². The molecule has 0 heterocycles. The molecule has 0 spiro atoms. The second-order valence-electron chi connectivity index (χ2n) is 5.03. The lowest BCUT2D eigenvalue weighted by Crippen LogP contribution is -2.42. The average molecular weight is 289 g/mol. The van der Waals surface area contributed by atoms with Crippen LogP contribution in [0.15, 0.2) is 24.3 Å². The number of alkyl halides is 3. The summed E-state index contributed by atoms with van der Waals surface area (Å²) in [7, 11) is 1.26. The summed E-state index contributed by atoms with van der Waals surface area (Å²) in [6.07, 6.45) is -4.38. The van der Waals surface area contributed by atoms with Gasteiger partial charge in [0, 0.05) is 11.5 Å². The minimum Gasteiger partial charge on any atom is -0.469 e. The van der Waals surface area contributed by atoms with Gasteiger partial charge in [-0.1, -0.05) is 19.1 Å². The van der Waals surface area contributed by atoms with Crippen LogP contribution in [0, 0.1) is 0 Å². The van der Waals surface area contributed by atoms with Gasteiger partial charge in [0.1, 0.15) is 0 Å². The molecule has 6 heteroatoms. The molecule has 0 fully saturated rings. The molecule has 0 saturated carbocycles. The Hall–Kier alpha value is -1.56. The maximum Gasteiger partial charge on any atom is 0.416 e. The first-order valence-electron chi connectivity index (χ1n) is 6.11. The van der Waals surface area contributed by atoms with E-state index in [0.717, 1.165) is 12.1 Å². The molecule has 20 heavy (non-hydrogen) atoms. The number of methoxy groups -OCH3 is 1. The third-order valence-corrected chi connectivity index (χ3v) is 3.62. The summed E-state index contributed by atoms with van der Waals surface area (Å²) in [5.74, 6) is -0.454. The predicted molar refractivity (Wildman–Crippen MR) is 69.1 cm³/mol. The molecular weight excluding hydrogens is 271 g/mol. The lowest BCUT2D eigenvalue weighted by atomic mass is 9.74. The van der Waals surface area contributed by atoms with Crippen LogP contribution in [0.5, 0.6) is 0 Å². The molecule has 0 saturated heterocycles. The summed E-state index contributed by atoms with van der Waals surface area (Å²) in [6, 6.07) is 4.28. The number of rotatable bonds is 4. The number of nitrogens with two attached hydrogens (primary N) is 1. The normalized spacial score (nSPS) is 16.4. The molecule has 0 aliphatic heterocycles. The quantitative estimate of drug-likeness (QED) is 0.867. The number of hydrogen-bond acceptors (Lipinski definition) is 3. The van der Waals surface area contributed by atoms with E-state index >= 15 is 0 Å². The van der Waals surface area contributed by atoms with Crippen molar-refractivity contribution in [3.05, 3.63) is 35.4 Å². The van der Waals surface area contributed by atoms with Gasteiger partial charge in [0.15, 0.2) is 0 Å². The molecule has 0 radical (unpaired) electrons. The highest BCUT2D eigenvalue weighted by Gasteiger charge is 2.35. The highest BCUT2D eigenvalue weighted by molar-refractivity contribution is 5.71. The van der Waals surface area contributed by atoms with Crippen LogP contribution in [0.2, 0.25) is 0 Å². The maximum atomic E-state index is 12.5. The number of halogens is 3. The summed E-state index contributed by atoms with van der Waals surface area (Å²) < 4.78 is 42.2. The Labute approximate surface area is 115 Å². The van der Waals surface area contributed by atoms with Crippen molar-refractivity contribution in [2.75, 3.05) is 7.11 Å². The number of carbonyl (C=O) groups is 1. The Balaban J connectivity index is 3.13. The number of hydrogen-bond donors (Lipinski definition) is 1. The Morgan fingerprint density at radius 3 is 2.05 bits per heavy atom. The predicted octanol–water partition coefficient (Wildman–Crippen LogP) is 2.87. The van der Waals surface area contributed by atoms with Gasteiger partial charge in [-0.15, -0.1) is 0 Å². The van der Waals surface area contributed by atoms with Crippen LogP contribution < -0.4 is 5.73 Å². The largest absolute Gasteiger partial charge is 0.469 e. The van der Waals surface area contributed by atoms with Gasteiger partial charge in [0.05, 0.1) is 19.1 Å². The Morgan fingerprint density at radius 2 is 1.70 bits per heavy atom. The highest BCUT2D eigenvalue weighted by Crippen LogP contribution is 2.34. The fourth-order valence-electron chi connectivity index (χ4n) is 1.94. The summed E-state index contributed by atoms with van der Waals surface area (Å²) in [4.78, 5) is 11.5. The highest BCUT2D eigenvalue weighted by atomic mass is 19.4. The number of esters is 1. The zero-order valence-electron chi connectivity index (χ0n) is 11.6. The van der Waals surface area contributed by atoms with E-state index in [1.54, 1.807) is 13.8 Å². The van der Waals surface area contributed by atoms with E-state index in [-0.39, 0.29) is 6.42 Å². The lowest BCUT2D eigenvalue weighted by Gasteiger charge is -2.33. The van der Waals surface area contributed by atoms with Crippen molar-refractivity contribution in [1.29, 1.82) is 0 Å². The van der Waals surface area contributed by atoms with Gasteiger partial charge < -0.3 is 10.5 Å². The first kappa shape index (κ1) is 16.5. The summed E-state index contributed by atoms with van der Waals surface area (Å²) in [6.45, 7) is 3.44. The second-order valence-corrected chi connectivity index (χ2v) is 5.03. The molecule has 2 unspecified atom stereocenters. The van der Waals surface area contributed by atoms with Gasteiger partial charge in [0.25, 0.3) is 0 Å². The second kappa shape index (κ2) is 5.83. The van der Waals surface area contributed by atoms with Crippen LogP contribution in [0.4, 0.5) is 13.2 Å². The van der Waals surface area contributed by atoms with Gasteiger partial charge in [-0.3, -0.25) is 4.79 Å². The minimum absolute atomic E-state index is 0.00648. The van der Waals surface area contributed by atoms with E-state index in [1.807, 2.05) is 0 Å². The molecule has 0 aliphatic rings. The van der Waals surface area contributed by atoms with Crippen molar-refractivity contribution in [1.82, 2.24) is 0 Å². The maximum absolute atomic E-state index is 12.5. The standard InChI is InChI=1S/C14H18F3NO2/c1-9(18)13(2,8-12(19)20-3)10-4-6-11(7-5-10)14(15,16)17/h4-7,9H,8,18H2,1-3H3. The molecule has 1 aromatic carbocycles. The van der Waals surface area contributed by atoms with Gasteiger partial charge in [0.2, 0.25) is 0 Å². The Morgan fingerprint density at radius 1 is 1.25 bits per heavy atom. The number of carbonyl (C=O) groups excluding carboxylic acids is 1. The monoisotopic (exact) mass is 289 g/mol. The first-order chi connectivity index (χ1) is 9.11. The van der Waals surface area contributed by atoms with E-state index < -0.39 is 29.2 Å². The summed E-state index contributed by atoms with van der Waals surface area (Å²) in [5, 5.41) is 0. The summed E-state index contributed by atoms with van der Waals surface area (Å²) in [5.41, 5.74) is 4.96. The molecule has 1 rings (SSSR count). The zero-order valence-corrected chi connectivity index (χ0v) is 11.6. The number of ether oxygens (including phenoxy) is 1. The third-order valence-electron chi connectivity index (χ3n) is 3.62. The third kappa shape index (κ3) is 3.50. The molecule has 3 nitrogen and oxygen atoms in total. The SMILES string of the molecule is COC(=O)CC(C)(c1ccc(C(F)(F)F)cc1)C(C)N. The van der Waals surface area contributed by atoms with Gasteiger partial charge in [-0.25, -0.2) is 0 Å². The van der Waals surface area contributed by atoms with Crippen LogP contribution in [-0.2, 0) is 21.1 Å². The van der Waals surface area contributed by atoms with Crippen LogP contribution in [-0.4, -0.2) is 19.1 Å². The first-order valence-corrected chi connectivity index (χ1v) is 6.11. The van der Waals surface area contributed by atoms with Crippen molar-refractivity contribution >= 4 is 5.97 Å². The smallest absolute Gasteiger partial charge is 0.416 e. The van der Waals surface area contributed by atoms with E-state index in [9.17, 15) is 18.0 Å². The number of benzene rings is 1. The molecule has 1 aromatic rings. The molecule has 0 amide bonds. The van der Waals surface area contributed by atoms with Crippen LogP contribution >= 0.6 is 0 Å². The Bertz CT molecular complexity index is 468. The van der Waals surface area contributed by atoms with Crippen LogP contribution in [0.25, 0.3) is 0 Å².